The molecule has 8 nitrogen and oxygen atoms in total. The van der Waals surface area contributed by atoms with Gasteiger partial charge in [0.1, 0.15) is 0 Å². The maximum absolute atomic E-state index is 12.3. The Kier molecular flexibility index (Phi) is 3.88. The molecule has 0 saturated heterocycles. The second-order valence-electron chi connectivity index (χ2n) is 4.09. The quantitative estimate of drug-likeness (QED) is 0.598. The predicted molar refractivity (Wildman–Crippen MR) is 72.3 cm³/mol. The van der Waals surface area contributed by atoms with Crippen LogP contribution in [-0.4, -0.2) is 33.0 Å². The van der Waals surface area contributed by atoms with E-state index in [1.807, 2.05) is 0 Å². The van der Waals surface area contributed by atoms with Gasteiger partial charge in [-0.25, -0.2) is 14.2 Å². The summed E-state index contributed by atoms with van der Waals surface area (Å²) in [6, 6.07) is 0. The monoisotopic (exact) mass is 291 g/mol. The number of hydrogen-bond donors (Lipinski definition) is 0. The minimum absolute atomic E-state index is 0.219. The fraction of sp³-hybridized carbons (Fsp3) is 0.231. The summed E-state index contributed by atoms with van der Waals surface area (Å²) in [6.07, 6.45) is 4.68. The molecule has 0 aliphatic heterocycles. The van der Waals surface area contributed by atoms with Crippen molar-refractivity contribution in [2.45, 2.75) is 13.5 Å². The second kappa shape index (κ2) is 5.61. The second-order valence-corrected chi connectivity index (χ2v) is 4.09. The molecule has 0 N–H and O–H groups in total. The highest BCUT2D eigenvalue weighted by Gasteiger charge is 2.23. The van der Waals surface area contributed by atoms with Crippen molar-refractivity contribution in [2.75, 3.05) is 7.11 Å². The van der Waals surface area contributed by atoms with Gasteiger partial charge in [-0.05, 0) is 0 Å². The van der Waals surface area contributed by atoms with Crippen LogP contribution in [0.1, 0.15) is 17.4 Å². The van der Waals surface area contributed by atoms with Gasteiger partial charge in [-0.2, -0.15) is 0 Å². The van der Waals surface area contributed by atoms with E-state index in [1.165, 1.54) is 10.6 Å². The van der Waals surface area contributed by atoms with Crippen LogP contribution < -0.4 is 10.3 Å². The van der Waals surface area contributed by atoms with Crippen molar-refractivity contribution in [1.29, 1.82) is 0 Å². The smallest absolute Gasteiger partial charge is 0.360 e. The predicted octanol–water partition coefficient (Wildman–Crippen LogP) is 0.394. The number of imidazole rings is 1. The van der Waals surface area contributed by atoms with Crippen LogP contribution >= 0.6 is 0 Å². The van der Waals surface area contributed by atoms with Crippen LogP contribution in [-0.2, 0) is 16.1 Å². The molecule has 0 unspecified atom stereocenters. The first-order valence-corrected chi connectivity index (χ1v) is 5.98. The summed E-state index contributed by atoms with van der Waals surface area (Å²) in [4.78, 5) is 39.2. The summed E-state index contributed by atoms with van der Waals surface area (Å²) in [5, 5.41) is 0. The molecule has 110 valence electrons. The average molecular weight is 291 g/mol. The van der Waals surface area contributed by atoms with Crippen LogP contribution in [0.4, 0.5) is 0 Å². The zero-order chi connectivity index (χ0) is 15.6. The molecule has 2 aromatic heterocycles. The summed E-state index contributed by atoms with van der Waals surface area (Å²) < 4.78 is 12.2. The molecule has 0 aliphatic rings. The van der Waals surface area contributed by atoms with Crippen LogP contribution in [0, 0.1) is 0 Å². The number of rotatable bonds is 4. The Labute approximate surface area is 119 Å². The summed E-state index contributed by atoms with van der Waals surface area (Å²) in [7, 11) is 1.15. The first-order chi connectivity index (χ1) is 9.99. The van der Waals surface area contributed by atoms with E-state index in [9.17, 15) is 14.4 Å². The van der Waals surface area contributed by atoms with Crippen LogP contribution in [0.5, 0.6) is 5.75 Å². The number of methoxy groups -OCH3 is 1. The largest absolute Gasteiger partial charge is 0.464 e. The van der Waals surface area contributed by atoms with Gasteiger partial charge in [0, 0.05) is 25.9 Å². The Balaban J connectivity index is 2.78. The maximum atomic E-state index is 12.3. The van der Waals surface area contributed by atoms with Gasteiger partial charge in [0.05, 0.1) is 7.11 Å². The van der Waals surface area contributed by atoms with Crippen LogP contribution in [0.15, 0.2) is 29.8 Å². The Morgan fingerprint density at radius 3 is 2.71 bits per heavy atom. The standard InChI is InChI=1S/C13H13N3O5/c1-4-5-15-6-7-16-11(18)10(21-8(2)17)9(12(19)20-3)14-13(15)16/h4,6-7H,1,5H2,2-3H3. The van der Waals surface area contributed by atoms with Crippen LogP contribution in [0.25, 0.3) is 5.78 Å². The minimum Gasteiger partial charge on any atom is -0.464 e. The number of esters is 2. The average Bonchev–Trinajstić information content (AvgIpc) is 2.84. The van der Waals surface area contributed by atoms with Gasteiger partial charge in [-0.1, -0.05) is 6.08 Å². The van der Waals surface area contributed by atoms with E-state index in [0.29, 0.717) is 6.54 Å². The van der Waals surface area contributed by atoms with E-state index in [-0.39, 0.29) is 11.5 Å². The molecule has 8 heteroatoms. The highest BCUT2D eigenvalue weighted by atomic mass is 16.5. The summed E-state index contributed by atoms with van der Waals surface area (Å²) in [5.74, 6) is -1.83. The number of nitrogens with zero attached hydrogens (tertiary/aromatic N) is 3. The lowest BCUT2D eigenvalue weighted by atomic mass is 10.3. The van der Waals surface area contributed by atoms with Gasteiger partial charge in [0.2, 0.25) is 17.2 Å². The van der Waals surface area contributed by atoms with Crippen LogP contribution in [0.3, 0.4) is 0 Å². The summed E-state index contributed by atoms with van der Waals surface area (Å²) in [5.41, 5.74) is -1.01. The van der Waals surface area contributed by atoms with Gasteiger partial charge in [0.25, 0.3) is 0 Å². The number of carbonyl (C=O) groups is 2. The molecular formula is C13H13N3O5. The molecule has 0 fully saturated rings. The van der Waals surface area contributed by atoms with Crippen molar-refractivity contribution in [3.05, 3.63) is 41.1 Å². The van der Waals surface area contributed by atoms with Crippen molar-refractivity contribution >= 4 is 17.7 Å². The molecular weight excluding hydrogens is 278 g/mol. The third kappa shape index (κ3) is 2.55. The van der Waals surface area contributed by atoms with Gasteiger partial charge < -0.3 is 14.0 Å². The Bertz CT molecular complexity index is 787. The minimum atomic E-state index is -0.864. The molecule has 21 heavy (non-hydrogen) atoms. The number of aromatic nitrogens is 3. The van der Waals surface area contributed by atoms with Crippen molar-refractivity contribution in [3.63, 3.8) is 0 Å². The van der Waals surface area contributed by atoms with Crippen molar-refractivity contribution in [1.82, 2.24) is 14.0 Å². The molecule has 0 aromatic carbocycles. The zero-order valence-electron chi connectivity index (χ0n) is 11.5. The third-order valence-corrected chi connectivity index (χ3v) is 2.66. The number of allylic oxidation sites excluding steroid dienone is 1. The number of hydrogen-bond acceptors (Lipinski definition) is 6. The third-order valence-electron chi connectivity index (χ3n) is 2.66. The van der Waals surface area contributed by atoms with E-state index in [4.69, 9.17) is 4.74 Å². The van der Waals surface area contributed by atoms with Gasteiger partial charge in [-0.3, -0.25) is 9.59 Å². The summed E-state index contributed by atoms with van der Waals surface area (Å²) >= 11 is 0. The van der Waals surface area contributed by atoms with Crippen molar-refractivity contribution in [2.24, 2.45) is 0 Å². The van der Waals surface area contributed by atoms with Crippen LogP contribution in [0.2, 0.25) is 0 Å². The molecule has 2 aromatic rings. The molecule has 0 bridgehead atoms. The molecule has 0 aliphatic carbocycles. The van der Waals surface area contributed by atoms with E-state index in [0.717, 1.165) is 14.0 Å². The maximum Gasteiger partial charge on any atom is 0.360 e. The van der Waals surface area contributed by atoms with Crippen molar-refractivity contribution in [3.8, 4) is 5.75 Å². The number of ether oxygens (including phenoxy) is 2. The SMILES string of the molecule is C=CCn1ccn2c(=O)c(OC(C)=O)c(C(=O)OC)nc12. The fourth-order valence-electron chi connectivity index (χ4n) is 1.81. The molecule has 0 atom stereocenters. The Hall–Kier alpha value is -2.90. The number of fused-ring (bicyclic) bond motifs is 1. The molecule has 2 rings (SSSR count). The normalized spacial score (nSPS) is 10.4. The fourth-order valence-corrected chi connectivity index (χ4v) is 1.81. The summed E-state index contributed by atoms with van der Waals surface area (Å²) in [6.45, 7) is 5.12. The lowest BCUT2D eigenvalue weighted by molar-refractivity contribution is -0.132. The van der Waals surface area contributed by atoms with E-state index < -0.39 is 23.2 Å². The van der Waals surface area contributed by atoms with E-state index >= 15 is 0 Å². The molecule has 0 saturated carbocycles. The van der Waals surface area contributed by atoms with Gasteiger partial charge >= 0.3 is 17.5 Å². The highest BCUT2D eigenvalue weighted by molar-refractivity contribution is 5.91. The topological polar surface area (TPSA) is 91.9 Å². The van der Waals surface area contributed by atoms with Gasteiger partial charge in [-0.15, -0.1) is 6.58 Å². The molecule has 2 heterocycles. The first-order valence-electron chi connectivity index (χ1n) is 5.98. The zero-order valence-corrected chi connectivity index (χ0v) is 11.5. The van der Waals surface area contributed by atoms with E-state index in [2.05, 4.69) is 16.3 Å². The molecule has 0 amide bonds. The van der Waals surface area contributed by atoms with Gasteiger partial charge in [0.15, 0.2) is 0 Å². The Morgan fingerprint density at radius 1 is 1.43 bits per heavy atom. The lowest BCUT2D eigenvalue weighted by Gasteiger charge is -2.07. The van der Waals surface area contributed by atoms with Crippen molar-refractivity contribution < 1.29 is 19.1 Å². The molecule has 0 radical (unpaired) electrons. The lowest BCUT2D eigenvalue weighted by Crippen LogP contribution is -2.24. The highest BCUT2D eigenvalue weighted by Crippen LogP contribution is 2.14. The number of carbonyl (C=O) groups excluding carboxylic acids is 2. The Morgan fingerprint density at radius 2 is 2.14 bits per heavy atom. The van der Waals surface area contributed by atoms with E-state index in [1.54, 1.807) is 16.8 Å². The first kappa shape index (κ1) is 14.5. The molecule has 0 spiro atoms.